The van der Waals surface area contributed by atoms with Gasteiger partial charge in [0.1, 0.15) is 5.75 Å². The molecule has 0 fully saturated rings. The molecule has 0 aromatic heterocycles. The SMILES string of the molecule is COc1cc(S(=O)(=O)Cl)ccc1C(C)C. The normalized spacial score (nSPS) is 11.8. The van der Waals surface area contributed by atoms with Gasteiger partial charge in [-0.25, -0.2) is 8.42 Å². The average molecular weight is 249 g/mol. The maximum absolute atomic E-state index is 11.1. The number of hydrogen-bond donors (Lipinski definition) is 0. The maximum Gasteiger partial charge on any atom is 0.261 e. The van der Waals surface area contributed by atoms with Crippen LogP contribution in [0, 0.1) is 0 Å². The molecule has 0 aliphatic heterocycles. The first-order chi connectivity index (χ1) is 6.86. The third-order valence-corrected chi connectivity index (χ3v) is 3.46. The summed E-state index contributed by atoms with van der Waals surface area (Å²) in [5.41, 5.74) is 0.960. The van der Waals surface area contributed by atoms with Gasteiger partial charge in [0.05, 0.1) is 12.0 Å². The van der Waals surface area contributed by atoms with E-state index in [4.69, 9.17) is 15.4 Å². The Morgan fingerprint density at radius 3 is 2.33 bits per heavy atom. The van der Waals surface area contributed by atoms with Crippen LogP contribution in [0.25, 0.3) is 0 Å². The fourth-order valence-corrected chi connectivity index (χ4v) is 2.09. The quantitative estimate of drug-likeness (QED) is 0.773. The van der Waals surface area contributed by atoms with Crippen LogP contribution in [0.5, 0.6) is 5.75 Å². The van der Waals surface area contributed by atoms with E-state index in [1.54, 1.807) is 6.07 Å². The number of hydrogen-bond acceptors (Lipinski definition) is 3. The Labute approximate surface area is 94.4 Å². The molecule has 0 radical (unpaired) electrons. The second-order valence-corrected chi connectivity index (χ2v) is 6.06. The zero-order valence-corrected chi connectivity index (χ0v) is 10.4. The monoisotopic (exact) mass is 248 g/mol. The molecule has 0 N–H and O–H groups in total. The van der Waals surface area contributed by atoms with Gasteiger partial charge in [-0.1, -0.05) is 19.9 Å². The lowest BCUT2D eigenvalue weighted by Gasteiger charge is -2.12. The Hall–Kier alpha value is -0.740. The summed E-state index contributed by atoms with van der Waals surface area (Å²) in [5, 5.41) is 0. The third kappa shape index (κ3) is 2.86. The minimum absolute atomic E-state index is 0.0606. The minimum atomic E-state index is -3.69. The number of halogens is 1. The van der Waals surface area contributed by atoms with Crippen molar-refractivity contribution in [3.05, 3.63) is 23.8 Å². The van der Waals surface area contributed by atoms with Crippen molar-refractivity contribution in [3.8, 4) is 5.75 Å². The molecule has 0 heterocycles. The molecule has 0 saturated carbocycles. The summed E-state index contributed by atoms with van der Waals surface area (Å²) in [6, 6.07) is 4.65. The molecule has 1 aromatic rings. The first-order valence-corrected chi connectivity index (χ1v) is 6.79. The van der Waals surface area contributed by atoms with Gasteiger partial charge in [0.15, 0.2) is 0 Å². The second-order valence-electron chi connectivity index (χ2n) is 3.50. The molecule has 5 heteroatoms. The summed E-state index contributed by atoms with van der Waals surface area (Å²) in [7, 11) is 3.06. The van der Waals surface area contributed by atoms with Crippen molar-refractivity contribution in [2.45, 2.75) is 24.7 Å². The van der Waals surface area contributed by atoms with E-state index in [-0.39, 0.29) is 10.8 Å². The summed E-state index contributed by atoms with van der Waals surface area (Å²) in [6.45, 7) is 4.01. The number of benzene rings is 1. The standard InChI is InChI=1S/C10H13ClO3S/c1-7(2)9-5-4-8(15(11,12)13)6-10(9)14-3/h4-7H,1-3H3. The molecule has 15 heavy (non-hydrogen) atoms. The van der Waals surface area contributed by atoms with Gasteiger partial charge in [-0.15, -0.1) is 0 Å². The number of methoxy groups -OCH3 is 1. The van der Waals surface area contributed by atoms with Crippen LogP contribution >= 0.6 is 10.7 Å². The number of ether oxygens (including phenoxy) is 1. The molecule has 0 atom stereocenters. The first-order valence-electron chi connectivity index (χ1n) is 4.49. The predicted molar refractivity (Wildman–Crippen MR) is 60.1 cm³/mol. The van der Waals surface area contributed by atoms with E-state index >= 15 is 0 Å². The topological polar surface area (TPSA) is 43.4 Å². The molecule has 3 nitrogen and oxygen atoms in total. The molecule has 0 aliphatic carbocycles. The molecule has 0 aliphatic rings. The molecular weight excluding hydrogens is 236 g/mol. The lowest BCUT2D eigenvalue weighted by molar-refractivity contribution is 0.406. The third-order valence-electron chi connectivity index (χ3n) is 2.11. The van der Waals surface area contributed by atoms with E-state index in [1.807, 2.05) is 13.8 Å². The highest BCUT2D eigenvalue weighted by atomic mass is 35.7. The summed E-state index contributed by atoms with van der Waals surface area (Å²) in [6.07, 6.45) is 0. The van der Waals surface area contributed by atoms with Crippen LogP contribution in [-0.4, -0.2) is 15.5 Å². The Morgan fingerprint density at radius 1 is 1.33 bits per heavy atom. The van der Waals surface area contributed by atoms with Gasteiger partial charge >= 0.3 is 0 Å². The molecule has 0 unspecified atom stereocenters. The van der Waals surface area contributed by atoms with Crippen LogP contribution in [0.2, 0.25) is 0 Å². The zero-order chi connectivity index (χ0) is 11.6. The molecule has 0 saturated heterocycles. The van der Waals surface area contributed by atoms with Crippen molar-refractivity contribution in [2.75, 3.05) is 7.11 Å². The van der Waals surface area contributed by atoms with E-state index in [0.717, 1.165) is 5.56 Å². The van der Waals surface area contributed by atoms with E-state index in [0.29, 0.717) is 5.75 Å². The number of rotatable bonds is 3. The van der Waals surface area contributed by atoms with E-state index < -0.39 is 9.05 Å². The van der Waals surface area contributed by atoms with E-state index in [2.05, 4.69) is 0 Å². The van der Waals surface area contributed by atoms with Gasteiger partial charge < -0.3 is 4.74 Å². The lowest BCUT2D eigenvalue weighted by atomic mass is 10.0. The van der Waals surface area contributed by atoms with Gasteiger partial charge in [-0.3, -0.25) is 0 Å². The molecular formula is C10H13ClO3S. The molecule has 1 rings (SSSR count). The Morgan fingerprint density at radius 2 is 1.93 bits per heavy atom. The van der Waals surface area contributed by atoms with Crippen LogP contribution < -0.4 is 4.74 Å². The van der Waals surface area contributed by atoms with Gasteiger partial charge in [-0.05, 0) is 17.5 Å². The second kappa shape index (κ2) is 4.41. The smallest absolute Gasteiger partial charge is 0.261 e. The summed E-state index contributed by atoms with van der Waals surface area (Å²) in [5.74, 6) is 0.818. The summed E-state index contributed by atoms with van der Waals surface area (Å²) >= 11 is 0. The van der Waals surface area contributed by atoms with Crippen molar-refractivity contribution in [3.63, 3.8) is 0 Å². The van der Waals surface area contributed by atoms with Crippen LogP contribution in [0.3, 0.4) is 0 Å². The highest BCUT2D eigenvalue weighted by Crippen LogP contribution is 2.29. The fourth-order valence-electron chi connectivity index (χ4n) is 1.32. The Balaban J connectivity index is 3.32. The van der Waals surface area contributed by atoms with Crippen molar-refractivity contribution in [1.29, 1.82) is 0 Å². The summed E-state index contributed by atoms with van der Waals surface area (Å²) < 4.78 is 27.3. The van der Waals surface area contributed by atoms with Crippen LogP contribution in [-0.2, 0) is 9.05 Å². The van der Waals surface area contributed by atoms with E-state index in [1.165, 1.54) is 19.2 Å². The molecule has 0 bridgehead atoms. The minimum Gasteiger partial charge on any atom is -0.496 e. The molecule has 1 aromatic carbocycles. The Bertz CT molecular complexity index is 452. The largest absolute Gasteiger partial charge is 0.496 e. The van der Waals surface area contributed by atoms with Crippen LogP contribution in [0.1, 0.15) is 25.3 Å². The lowest BCUT2D eigenvalue weighted by Crippen LogP contribution is -1.97. The fraction of sp³-hybridized carbons (Fsp3) is 0.400. The van der Waals surface area contributed by atoms with Crippen molar-refractivity contribution in [2.24, 2.45) is 0 Å². The van der Waals surface area contributed by atoms with Gasteiger partial charge in [0.25, 0.3) is 9.05 Å². The van der Waals surface area contributed by atoms with Gasteiger partial charge in [0, 0.05) is 16.7 Å². The van der Waals surface area contributed by atoms with Crippen molar-refractivity contribution < 1.29 is 13.2 Å². The molecule has 0 spiro atoms. The highest BCUT2D eigenvalue weighted by molar-refractivity contribution is 8.13. The van der Waals surface area contributed by atoms with Gasteiger partial charge in [0.2, 0.25) is 0 Å². The first kappa shape index (κ1) is 12.3. The maximum atomic E-state index is 11.1. The average Bonchev–Trinajstić information content (AvgIpc) is 2.15. The van der Waals surface area contributed by atoms with E-state index in [9.17, 15) is 8.42 Å². The predicted octanol–water partition coefficient (Wildman–Crippen LogP) is 2.75. The zero-order valence-electron chi connectivity index (χ0n) is 8.82. The molecule has 84 valence electrons. The van der Waals surface area contributed by atoms with Crippen molar-refractivity contribution >= 4 is 19.7 Å². The molecule has 0 amide bonds. The Kier molecular flexibility index (Phi) is 3.62. The highest BCUT2D eigenvalue weighted by Gasteiger charge is 2.14. The summed E-state index contributed by atoms with van der Waals surface area (Å²) in [4.78, 5) is 0.0606. The van der Waals surface area contributed by atoms with Crippen LogP contribution in [0.15, 0.2) is 23.1 Å². The van der Waals surface area contributed by atoms with Crippen LogP contribution in [0.4, 0.5) is 0 Å². The van der Waals surface area contributed by atoms with Gasteiger partial charge in [-0.2, -0.15) is 0 Å². The van der Waals surface area contributed by atoms with Crippen molar-refractivity contribution in [1.82, 2.24) is 0 Å².